The first-order valence-corrected chi connectivity index (χ1v) is 10.1. The van der Waals surface area contributed by atoms with Crippen LogP contribution in [0, 0.1) is 22.6 Å². The summed E-state index contributed by atoms with van der Waals surface area (Å²) in [6.07, 6.45) is 0.352. The van der Waals surface area contributed by atoms with Crippen LogP contribution in [0.2, 0.25) is 0 Å². The lowest BCUT2D eigenvalue weighted by atomic mass is 9.87. The van der Waals surface area contributed by atoms with E-state index in [2.05, 4.69) is 6.07 Å². The lowest BCUT2D eigenvalue weighted by Crippen LogP contribution is -2.15. The van der Waals surface area contributed by atoms with Crippen LogP contribution in [0.5, 0.6) is 5.75 Å². The first-order chi connectivity index (χ1) is 15.2. The molecule has 0 saturated carbocycles. The Labute approximate surface area is 184 Å². The molecular formula is C26H21FN2O3. The smallest absolute Gasteiger partial charge is 0.335 e. The Kier molecular flexibility index (Phi) is 5.19. The fraction of sp³-hybridized carbons (Fsp3) is 0.154. The van der Waals surface area contributed by atoms with Crippen LogP contribution in [0.3, 0.4) is 0 Å². The van der Waals surface area contributed by atoms with Crippen LogP contribution >= 0.6 is 0 Å². The predicted octanol–water partition coefficient (Wildman–Crippen LogP) is 5.93. The van der Waals surface area contributed by atoms with E-state index in [9.17, 15) is 24.7 Å². The maximum atomic E-state index is 13.6. The van der Waals surface area contributed by atoms with Gasteiger partial charge in [-0.1, -0.05) is 18.2 Å². The maximum Gasteiger partial charge on any atom is 0.335 e. The highest BCUT2D eigenvalue weighted by Crippen LogP contribution is 2.43. The second-order valence-electron chi connectivity index (χ2n) is 8.36. The molecule has 0 aliphatic rings. The summed E-state index contributed by atoms with van der Waals surface area (Å²) in [4.78, 5) is 11.3. The molecule has 0 spiro atoms. The molecule has 0 unspecified atom stereocenters. The van der Waals surface area contributed by atoms with Crippen molar-refractivity contribution < 1.29 is 19.4 Å². The summed E-state index contributed by atoms with van der Waals surface area (Å²) < 4.78 is 15.6. The van der Waals surface area contributed by atoms with Gasteiger partial charge in [0.05, 0.1) is 22.6 Å². The van der Waals surface area contributed by atoms with E-state index >= 15 is 0 Å². The van der Waals surface area contributed by atoms with Crippen molar-refractivity contribution in [3.05, 3.63) is 83.8 Å². The van der Waals surface area contributed by atoms with Crippen molar-refractivity contribution in [3.63, 3.8) is 0 Å². The van der Waals surface area contributed by atoms with Gasteiger partial charge in [-0.25, -0.2) is 9.18 Å². The predicted molar refractivity (Wildman–Crippen MR) is 120 cm³/mol. The second kappa shape index (κ2) is 7.86. The maximum absolute atomic E-state index is 13.6. The molecule has 32 heavy (non-hydrogen) atoms. The van der Waals surface area contributed by atoms with E-state index in [0.717, 1.165) is 5.69 Å². The lowest BCUT2D eigenvalue weighted by molar-refractivity contribution is 0.0697. The van der Waals surface area contributed by atoms with Gasteiger partial charge < -0.3 is 14.8 Å². The highest BCUT2D eigenvalue weighted by atomic mass is 19.1. The highest BCUT2D eigenvalue weighted by molar-refractivity contribution is 6.03. The van der Waals surface area contributed by atoms with Gasteiger partial charge in [-0.2, -0.15) is 5.26 Å². The minimum absolute atomic E-state index is 0.0664. The molecule has 1 heterocycles. The Bertz CT molecular complexity index is 1360. The molecular weight excluding hydrogens is 407 g/mol. The number of rotatable bonds is 5. The van der Waals surface area contributed by atoms with E-state index in [-0.39, 0.29) is 17.1 Å². The summed E-state index contributed by atoms with van der Waals surface area (Å²) in [7, 11) is 0. The van der Waals surface area contributed by atoms with Gasteiger partial charge in [-0.05, 0) is 67.9 Å². The average molecular weight is 428 g/mol. The number of hydrogen-bond acceptors (Lipinski definition) is 3. The van der Waals surface area contributed by atoms with Crippen molar-refractivity contribution in [1.29, 1.82) is 5.26 Å². The van der Waals surface area contributed by atoms with Crippen molar-refractivity contribution in [3.8, 4) is 28.6 Å². The van der Waals surface area contributed by atoms with Crippen LogP contribution in [0.1, 0.15) is 29.9 Å². The number of carboxylic acid groups (broad SMARTS) is 1. The number of phenols is 1. The van der Waals surface area contributed by atoms with Gasteiger partial charge in [0.1, 0.15) is 11.6 Å². The fourth-order valence-electron chi connectivity index (χ4n) is 3.97. The van der Waals surface area contributed by atoms with E-state index in [1.807, 2.05) is 24.5 Å². The Morgan fingerprint density at radius 3 is 2.31 bits per heavy atom. The molecule has 0 amide bonds. The highest BCUT2D eigenvalue weighted by Gasteiger charge is 2.27. The zero-order valence-corrected chi connectivity index (χ0v) is 17.6. The van der Waals surface area contributed by atoms with E-state index in [0.29, 0.717) is 34.1 Å². The molecule has 0 saturated heterocycles. The third-order valence-electron chi connectivity index (χ3n) is 5.49. The molecule has 0 radical (unpaired) electrons. The van der Waals surface area contributed by atoms with Crippen molar-refractivity contribution in [2.24, 2.45) is 5.41 Å². The van der Waals surface area contributed by atoms with Crippen LogP contribution in [0.15, 0.2) is 66.7 Å². The number of aromatic hydroxyl groups is 1. The molecule has 0 aliphatic carbocycles. The Morgan fingerprint density at radius 1 is 1.06 bits per heavy atom. The van der Waals surface area contributed by atoms with E-state index in [1.165, 1.54) is 24.3 Å². The third-order valence-corrected chi connectivity index (χ3v) is 5.49. The van der Waals surface area contributed by atoms with Crippen molar-refractivity contribution >= 4 is 16.9 Å². The fourth-order valence-corrected chi connectivity index (χ4v) is 3.97. The van der Waals surface area contributed by atoms with Crippen LogP contribution in [-0.4, -0.2) is 20.7 Å². The van der Waals surface area contributed by atoms with Crippen molar-refractivity contribution in [2.45, 2.75) is 20.3 Å². The zero-order valence-electron chi connectivity index (χ0n) is 17.6. The topological polar surface area (TPSA) is 86.2 Å². The molecule has 2 N–H and O–H groups in total. The molecule has 6 heteroatoms. The molecule has 0 atom stereocenters. The number of benzene rings is 3. The van der Waals surface area contributed by atoms with Gasteiger partial charge in [0.2, 0.25) is 0 Å². The summed E-state index contributed by atoms with van der Waals surface area (Å²) in [5, 5.41) is 30.4. The third kappa shape index (κ3) is 3.69. The summed E-state index contributed by atoms with van der Waals surface area (Å²) in [6, 6.07) is 20.0. The molecule has 1 aromatic heterocycles. The van der Waals surface area contributed by atoms with Crippen LogP contribution in [0.25, 0.3) is 27.7 Å². The van der Waals surface area contributed by atoms with Crippen molar-refractivity contribution in [2.75, 3.05) is 0 Å². The standard InChI is InChI=1S/C26H21FN2O3/c1-26(2,15-28)14-21-23(16-6-8-17(9-7-16)25(31)32)24-20(4-3-5-22(24)30)29(21)19-12-10-18(27)11-13-19/h3-13,30H,14H2,1-2H3,(H,31,32). The first kappa shape index (κ1) is 21.1. The van der Waals surface area contributed by atoms with E-state index < -0.39 is 11.4 Å². The summed E-state index contributed by atoms with van der Waals surface area (Å²) in [6.45, 7) is 3.66. The Hall–Kier alpha value is -4.11. The summed E-state index contributed by atoms with van der Waals surface area (Å²) in [5.41, 5.74) is 3.02. The zero-order chi connectivity index (χ0) is 23.0. The molecule has 160 valence electrons. The minimum atomic E-state index is -1.03. The number of carboxylic acids is 1. The van der Waals surface area contributed by atoms with Crippen LogP contribution in [0.4, 0.5) is 4.39 Å². The Balaban J connectivity index is 2.10. The summed E-state index contributed by atoms with van der Waals surface area (Å²) in [5.74, 6) is -1.33. The van der Waals surface area contributed by atoms with Gasteiger partial charge >= 0.3 is 5.97 Å². The minimum Gasteiger partial charge on any atom is -0.507 e. The summed E-state index contributed by atoms with van der Waals surface area (Å²) >= 11 is 0. The van der Waals surface area contributed by atoms with E-state index in [1.54, 1.807) is 36.4 Å². The number of fused-ring (bicyclic) bond motifs is 1. The number of nitrogens with zero attached hydrogens (tertiary/aromatic N) is 2. The number of halogens is 1. The van der Waals surface area contributed by atoms with Gasteiger partial charge in [0, 0.05) is 28.8 Å². The number of aromatic nitrogens is 1. The van der Waals surface area contributed by atoms with E-state index in [4.69, 9.17) is 0 Å². The number of aromatic carboxylic acids is 1. The monoisotopic (exact) mass is 428 g/mol. The van der Waals surface area contributed by atoms with Crippen LogP contribution < -0.4 is 0 Å². The Morgan fingerprint density at radius 2 is 1.72 bits per heavy atom. The number of hydrogen-bond donors (Lipinski definition) is 2. The van der Waals surface area contributed by atoms with Crippen molar-refractivity contribution in [1.82, 2.24) is 4.57 Å². The van der Waals surface area contributed by atoms with Gasteiger partial charge in [0.25, 0.3) is 0 Å². The first-order valence-electron chi connectivity index (χ1n) is 10.1. The average Bonchev–Trinajstić information content (AvgIpc) is 3.09. The SMILES string of the molecule is CC(C)(C#N)Cc1c(-c2ccc(C(=O)O)cc2)c2c(O)cccc2n1-c1ccc(F)cc1. The molecule has 4 rings (SSSR count). The molecule has 0 fully saturated rings. The van der Waals surface area contributed by atoms with Crippen LogP contribution in [-0.2, 0) is 6.42 Å². The van der Waals surface area contributed by atoms with Gasteiger partial charge in [-0.3, -0.25) is 0 Å². The normalized spacial score (nSPS) is 11.4. The largest absolute Gasteiger partial charge is 0.507 e. The molecule has 3 aromatic carbocycles. The van der Waals surface area contributed by atoms with Gasteiger partial charge in [-0.15, -0.1) is 0 Å². The molecule has 4 aromatic rings. The lowest BCUT2D eigenvalue weighted by Gasteiger charge is -2.19. The number of nitriles is 1. The quantitative estimate of drug-likeness (QED) is 0.412. The number of carbonyl (C=O) groups is 1. The molecule has 0 bridgehead atoms. The van der Waals surface area contributed by atoms with Gasteiger partial charge in [0.15, 0.2) is 0 Å². The number of phenolic OH excluding ortho intramolecular Hbond substituents is 1. The second-order valence-corrected chi connectivity index (χ2v) is 8.36. The molecule has 5 nitrogen and oxygen atoms in total. The molecule has 0 aliphatic heterocycles.